The first-order chi connectivity index (χ1) is 9.93. The van der Waals surface area contributed by atoms with Crippen LogP contribution in [0.1, 0.15) is 32.4 Å². The summed E-state index contributed by atoms with van der Waals surface area (Å²) in [5, 5.41) is 10.3. The van der Waals surface area contributed by atoms with Crippen molar-refractivity contribution in [3.05, 3.63) is 35.9 Å². The molecule has 1 aliphatic rings. The van der Waals surface area contributed by atoms with E-state index < -0.39 is 24.0 Å². The summed E-state index contributed by atoms with van der Waals surface area (Å²) in [7, 11) is 0. The maximum absolute atomic E-state index is 12.6. The number of amides is 2. The Hall–Kier alpha value is -1.88. The van der Waals surface area contributed by atoms with E-state index in [4.69, 9.17) is 4.74 Å². The fourth-order valence-corrected chi connectivity index (χ4v) is 2.47. The molecule has 0 aromatic heterocycles. The number of ether oxygens (including phenoxy) is 1. The molecule has 1 aliphatic heterocycles. The van der Waals surface area contributed by atoms with Crippen LogP contribution in [0.2, 0.25) is 0 Å². The summed E-state index contributed by atoms with van der Waals surface area (Å²) in [5.41, 5.74) is 0.659. The number of aliphatic hydroxyl groups is 1. The molecule has 1 aromatic carbocycles. The molecule has 1 saturated heterocycles. The number of aliphatic hydroxyl groups excluding tert-OH is 1. The molecule has 0 spiro atoms. The highest BCUT2D eigenvalue weighted by Gasteiger charge is 2.42. The summed E-state index contributed by atoms with van der Waals surface area (Å²) in [6.07, 6.45) is -1.56. The Labute approximate surface area is 124 Å². The molecule has 2 amide bonds. The number of cyclic esters (lactones) is 1. The first kappa shape index (κ1) is 15.5. The zero-order chi connectivity index (χ0) is 15.6. The highest BCUT2D eigenvalue weighted by atomic mass is 16.6. The molecule has 1 N–H and O–H groups in total. The summed E-state index contributed by atoms with van der Waals surface area (Å²) < 4.78 is 4.98. The largest absolute Gasteiger partial charge is 0.447 e. The molecule has 2 rings (SSSR count). The van der Waals surface area contributed by atoms with Gasteiger partial charge in [-0.3, -0.25) is 4.79 Å². The van der Waals surface area contributed by atoms with Crippen molar-refractivity contribution >= 4 is 12.0 Å². The van der Waals surface area contributed by atoms with E-state index in [1.807, 2.05) is 19.9 Å². The Morgan fingerprint density at radius 1 is 1.29 bits per heavy atom. The van der Waals surface area contributed by atoms with Crippen LogP contribution in [0.3, 0.4) is 0 Å². The van der Waals surface area contributed by atoms with Gasteiger partial charge in [0.15, 0.2) is 0 Å². The van der Waals surface area contributed by atoms with Crippen LogP contribution in [-0.4, -0.2) is 34.7 Å². The molecule has 21 heavy (non-hydrogen) atoms. The molecule has 0 unspecified atom stereocenters. The summed E-state index contributed by atoms with van der Waals surface area (Å²) in [5.74, 6) is -0.992. The lowest BCUT2D eigenvalue weighted by Gasteiger charge is -2.27. The van der Waals surface area contributed by atoms with E-state index in [2.05, 4.69) is 0 Å². The van der Waals surface area contributed by atoms with Gasteiger partial charge >= 0.3 is 6.09 Å². The molecule has 0 radical (unpaired) electrons. The molecular weight excluding hydrogens is 270 g/mol. The van der Waals surface area contributed by atoms with Gasteiger partial charge in [-0.1, -0.05) is 51.1 Å². The lowest BCUT2D eigenvalue weighted by atomic mass is 9.95. The minimum atomic E-state index is -0.945. The van der Waals surface area contributed by atoms with Gasteiger partial charge in [0.1, 0.15) is 6.61 Å². The van der Waals surface area contributed by atoms with E-state index in [9.17, 15) is 14.7 Å². The van der Waals surface area contributed by atoms with E-state index in [1.54, 1.807) is 31.2 Å². The molecule has 0 saturated carbocycles. The number of hydrogen-bond acceptors (Lipinski definition) is 4. The molecule has 1 heterocycles. The van der Waals surface area contributed by atoms with Gasteiger partial charge in [-0.15, -0.1) is 0 Å². The molecule has 1 fully saturated rings. The van der Waals surface area contributed by atoms with Crippen LogP contribution >= 0.6 is 0 Å². The number of imide groups is 1. The van der Waals surface area contributed by atoms with Gasteiger partial charge in [-0.2, -0.15) is 0 Å². The maximum atomic E-state index is 12.6. The number of benzene rings is 1. The number of hydrogen-bond donors (Lipinski definition) is 1. The second-order valence-electron chi connectivity index (χ2n) is 5.74. The van der Waals surface area contributed by atoms with Gasteiger partial charge in [0.05, 0.1) is 18.1 Å². The lowest BCUT2D eigenvalue weighted by molar-refractivity contribution is -0.137. The molecule has 0 bridgehead atoms. The minimum absolute atomic E-state index is 0.112. The third-order valence-electron chi connectivity index (χ3n) is 3.92. The minimum Gasteiger partial charge on any atom is -0.447 e. The van der Waals surface area contributed by atoms with Crippen molar-refractivity contribution in [2.75, 3.05) is 6.61 Å². The Morgan fingerprint density at radius 2 is 1.90 bits per heavy atom. The number of carbonyl (C=O) groups excluding carboxylic acids is 2. The molecule has 1 aromatic rings. The fourth-order valence-electron chi connectivity index (χ4n) is 2.47. The highest BCUT2D eigenvalue weighted by Crippen LogP contribution is 2.27. The SMILES string of the molecule is CC(C)[C@H]1COC(=O)N1C(=O)[C@H](C)[C@@H](O)c1ccccc1. The normalized spacial score (nSPS) is 21.3. The van der Waals surface area contributed by atoms with Crippen molar-refractivity contribution in [2.45, 2.75) is 32.9 Å². The number of nitrogens with zero attached hydrogens (tertiary/aromatic N) is 1. The summed E-state index contributed by atoms with van der Waals surface area (Å²) in [6.45, 7) is 5.72. The van der Waals surface area contributed by atoms with E-state index in [-0.39, 0.29) is 18.6 Å². The number of carbonyl (C=O) groups is 2. The smallest absolute Gasteiger partial charge is 0.416 e. The third-order valence-corrected chi connectivity index (χ3v) is 3.92. The van der Waals surface area contributed by atoms with Crippen molar-refractivity contribution in [3.63, 3.8) is 0 Å². The molecule has 5 heteroatoms. The maximum Gasteiger partial charge on any atom is 0.416 e. The second kappa shape index (κ2) is 6.26. The van der Waals surface area contributed by atoms with E-state index in [0.717, 1.165) is 4.90 Å². The standard InChI is InChI=1S/C16H21NO4/c1-10(2)13-9-21-16(20)17(13)15(19)11(3)14(18)12-7-5-4-6-8-12/h4-8,10-11,13-14,18H,9H2,1-3H3/t11-,13-,14-/m1/s1. The molecule has 114 valence electrons. The zero-order valence-corrected chi connectivity index (χ0v) is 12.5. The molecule has 0 aliphatic carbocycles. The Bertz CT molecular complexity index is 514. The van der Waals surface area contributed by atoms with Crippen molar-refractivity contribution in [1.82, 2.24) is 4.90 Å². The van der Waals surface area contributed by atoms with E-state index in [0.29, 0.717) is 5.56 Å². The lowest BCUT2D eigenvalue weighted by Crippen LogP contribution is -2.45. The quantitative estimate of drug-likeness (QED) is 0.924. The van der Waals surface area contributed by atoms with Crippen molar-refractivity contribution in [2.24, 2.45) is 11.8 Å². The predicted octanol–water partition coefficient (Wildman–Crippen LogP) is 2.36. The Kier molecular flexibility index (Phi) is 4.63. The molecule has 3 atom stereocenters. The van der Waals surface area contributed by atoms with Crippen LogP contribution in [0.15, 0.2) is 30.3 Å². The van der Waals surface area contributed by atoms with Crippen LogP contribution in [0, 0.1) is 11.8 Å². The van der Waals surface area contributed by atoms with Crippen LogP contribution in [-0.2, 0) is 9.53 Å². The van der Waals surface area contributed by atoms with Gasteiger partial charge in [0, 0.05) is 0 Å². The van der Waals surface area contributed by atoms with E-state index in [1.165, 1.54) is 0 Å². The van der Waals surface area contributed by atoms with Gasteiger partial charge < -0.3 is 9.84 Å². The van der Waals surface area contributed by atoms with Crippen molar-refractivity contribution in [3.8, 4) is 0 Å². The first-order valence-electron chi connectivity index (χ1n) is 7.16. The van der Waals surface area contributed by atoms with Crippen LogP contribution in [0.25, 0.3) is 0 Å². The third kappa shape index (κ3) is 3.08. The summed E-state index contributed by atoms with van der Waals surface area (Å²) >= 11 is 0. The van der Waals surface area contributed by atoms with Crippen LogP contribution in [0.4, 0.5) is 4.79 Å². The van der Waals surface area contributed by atoms with Crippen molar-refractivity contribution < 1.29 is 19.4 Å². The monoisotopic (exact) mass is 291 g/mol. The number of rotatable bonds is 4. The van der Waals surface area contributed by atoms with Gasteiger partial charge in [-0.25, -0.2) is 9.69 Å². The van der Waals surface area contributed by atoms with E-state index >= 15 is 0 Å². The van der Waals surface area contributed by atoms with Crippen LogP contribution < -0.4 is 0 Å². The Balaban J connectivity index is 2.16. The average molecular weight is 291 g/mol. The van der Waals surface area contributed by atoms with Gasteiger partial charge in [0.2, 0.25) is 5.91 Å². The topological polar surface area (TPSA) is 66.8 Å². The van der Waals surface area contributed by atoms with Crippen LogP contribution in [0.5, 0.6) is 0 Å². The van der Waals surface area contributed by atoms with Gasteiger partial charge in [0.25, 0.3) is 0 Å². The second-order valence-corrected chi connectivity index (χ2v) is 5.74. The average Bonchev–Trinajstić information content (AvgIpc) is 2.87. The predicted molar refractivity (Wildman–Crippen MR) is 77.4 cm³/mol. The van der Waals surface area contributed by atoms with Gasteiger partial charge in [-0.05, 0) is 11.5 Å². The highest BCUT2D eigenvalue weighted by molar-refractivity contribution is 5.95. The molecule has 5 nitrogen and oxygen atoms in total. The first-order valence-corrected chi connectivity index (χ1v) is 7.16. The summed E-state index contributed by atoms with van der Waals surface area (Å²) in [4.78, 5) is 25.5. The Morgan fingerprint density at radius 3 is 2.48 bits per heavy atom. The zero-order valence-electron chi connectivity index (χ0n) is 12.5. The molecular formula is C16H21NO4. The summed E-state index contributed by atoms with van der Waals surface area (Å²) in [6, 6.07) is 8.70. The fraction of sp³-hybridized carbons (Fsp3) is 0.500. The van der Waals surface area contributed by atoms with Crippen molar-refractivity contribution in [1.29, 1.82) is 0 Å².